The van der Waals surface area contributed by atoms with Crippen LogP contribution in [-0.4, -0.2) is 26.0 Å². The molecule has 19 heavy (non-hydrogen) atoms. The molecule has 0 radical (unpaired) electrons. The molecule has 2 heterocycles. The number of rotatable bonds is 4. The third kappa shape index (κ3) is 3.27. The Balaban J connectivity index is 2.25. The lowest BCUT2D eigenvalue weighted by Gasteiger charge is -1.97. The summed E-state index contributed by atoms with van der Waals surface area (Å²) >= 11 is 2.51. The van der Waals surface area contributed by atoms with Gasteiger partial charge in [-0.15, -0.1) is 11.3 Å². The van der Waals surface area contributed by atoms with Crippen molar-refractivity contribution in [3.05, 3.63) is 28.7 Å². The van der Waals surface area contributed by atoms with Gasteiger partial charge in [-0.05, 0) is 18.7 Å². The molecule has 0 unspecified atom stereocenters. The number of hydrogen-bond donors (Lipinski definition) is 1. The van der Waals surface area contributed by atoms with Crippen molar-refractivity contribution in [1.29, 1.82) is 5.26 Å². The van der Waals surface area contributed by atoms with Crippen LogP contribution in [0.2, 0.25) is 0 Å². The van der Waals surface area contributed by atoms with E-state index in [0.29, 0.717) is 19.9 Å². The van der Waals surface area contributed by atoms with Gasteiger partial charge in [-0.1, -0.05) is 0 Å². The zero-order chi connectivity index (χ0) is 13.8. The second kappa shape index (κ2) is 5.77. The minimum Gasteiger partial charge on any atom is -0.481 e. The fraction of sp³-hybridized carbons (Fsp3) is 0.182. The number of nitrogens with zero attached hydrogens (tertiary/aromatic N) is 4. The minimum absolute atomic E-state index is 0.0460. The molecule has 2 rings (SSSR count). The van der Waals surface area contributed by atoms with E-state index < -0.39 is 5.97 Å². The molecular formula is C11H8N4O2S2. The molecule has 0 bridgehead atoms. The average molecular weight is 292 g/mol. The normalized spacial score (nSPS) is 10.1. The number of hydrogen-bond acceptors (Lipinski definition) is 7. The summed E-state index contributed by atoms with van der Waals surface area (Å²) in [5, 5.41) is 18.2. The Bertz CT molecular complexity index is 663. The van der Waals surface area contributed by atoms with E-state index in [0.717, 1.165) is 0 Å². The van der Waals surface area contributed by atoms with Crippen molar-refractivity contribution in [2.75, 3.05) is 0 Å². The lowest BCUT2D eigenvalue weighted by atomic mass is 10.3. The van der Waals surface area contributed by atoms with Crippen molar-refractivity contribution in [2.24, 2.45) is 0 Å². The molecule has 0 aliphatic heterocycles. The molecule has 6 nitrogen and oxygen atoms in total. The maximum atomic E-state index is 10.7. The molecule has 0 spiro atoms. The largest absolute Gasteiger partial charge is 0.481 e. The van der Waals surface area contributed by atoms with Crippen LogP contribution in [0, 0.1) is 18.3 Å². The van der Waals surface area contributed by atoms with Crippen molar-refractivity contribution in [3.8, 4) is 6.07 Å². The second-order valence-corrected chi connectivity index (χ2v) is 5.80. The Kier molecular flexibility index (Phi) is 4.09. The smallest absolute Gasteiger partial charge is 0.308 e. The molecule has 8 heteroatoms. The van der Waals surface area contributed by atoms with E-state index in [9.17, 15) is 4.79 Å². The Morgan fingerprint density at radius 3 is 2.95 bits per heavy atom. The Hall–Kier alpha value is -1.98. The molecule has 0 atom stereocenters. The van der Waals surface area contributed by atoms with Crippen LogP contribution in [0.25, 0.3) is 0 Å². The lowest BCUT2D eigenvalue weighted by Crippen LogP contribution is -1.99. The summed E-state index contributed by atoms with van der Waals surface area (Å²) in [6.45, 7) is 1.76. The van der Waals surface area contributed by atoms with Gasteiger partial charge in [0.05, 0.1) is 12.1 Å². The van der Waals surface area contributed by atoms with Gasteiger partial charge >= 0.3 is 5.97 Å². The van der Waals surface area contributed by atoms with E-state index in [1.807, 2.05) is 6.07 Å². The molecule has 0 aromatic carbocycles. The van der Waals surface area contributed by atoms with Gasteiger partial charge in [-0.2, -0.15) is 5.26 Å². The summed E-state index contributed by atoms with van der Waals surface area (Å²) in [6, 6.07) is 1.96. The number of carboxylic acid groups (broad SMARTS) is 1. The molecule has 2 aromatic rings. The average Bonchev–Trinajstić information content (AvgIpc) is 2.69. The van der Waals surface area contributed by atoms with E-state index in [2.05, 4.69) is 15.0 Å². The van der Waals surface area contributed by atoms with Crippen LogP contribution in [0.1, 0.15) is 16.3 Å². The predicted octanol–water partition coefficient (Wildman–Crippen LogP) is 1.89. The molecule has 0 fully saturated rings. The third-order valence-corrected chi connectivity index (χ3v) is 4.35. The highest BCUT2D eigenvalue weighted by Crippen LogP contribution is 2.32. The first-order chi connectivity index (χ1) is 9.10. The zero-order valence-electron chi connectivity index (χ0n) is 9.82. The summed E-state index contributed by atoms with van der Waals surface area (Å²) < 4.78 is 0.658. The molecule has 2 aromatic heterocycles. The number of carboxylic acids is 1. The third-order valence-electron chi connectivity index (χ3n) is 2.14. The molecule has 1 N–H and O–H groups in total. The van der Waals surface area contributed by atoms with E-state index in [4.69, 9.17) is 10.4 Å². The molecule has 0 amide bonds. The fourth-order valence-electron chi connectivity index (χ4n) is 1.31. The number of nitriles is 1. The molecule has 0 aliphatic carbocycles. The van der Waals surface area contributed by atoms with Crippen molar-refractivity contribution < 1.29 is 9.90 Å². The van der Waals surface area contributed by atoms with Gasteiger partial charge in [0.2, 0.25) is 0 Å². The predicted molar refractivity (Wildman–Crippen MR) is 69.1 cm³/mol. The van der Waals surface area contributed by atoms with E-state index in [1.54, 1.807) is 6.92 Å². The van der Waals surface area contributed by atoms with E-state index in [-0.39, 0.29) is 12.1 Å². The van der Waals surface area contributed by atoms with Crippen LogP contribution in [-0.2, 0) is 11.2 Å². The van der Waals surface area contributed by atoms with Crippen molar-refractivity contribution in [1.82, 2.24) is 15.0 Å². The number of aromatic nitrogens is 3. The number of aryl methyl sites for hydroxylation is 1. The maximum absolute atomic E-state index is 10.7. The highest BCUT2D eigenvalue weighted by Gasteiger charge is 2.14. The first-order valence-electron chi connectivity index (χ1n) is 5.17. The Morgan fingerprint density at radius 1 is 1.53 bits per heavy atom. The van der Waals surface area contributed by atoms with Crippen LogP contribution in [0.5, 0.6) is 0 Å². The SMILES string of the molecule is Cc1nc(Sc2nccnc2C#N)sc1CC(=O)O. The number of aliphatic carboxylic acids is 1. The van der Waals surface area contributed by atoms with Gasteiger partial charge in [-0.3, -0.25) is 4.79 Å². The highest BCUT2D eigenvalue weighted by molar-refractivity contribution is 8.01. The summed E-state index contributed by atoms with van der Waals surface area (Å²) in [4.78, 5) is 23.7. The van der Waals surface area contributed by atoms with Crippen molar-refractivity contribution >= 4 is 29.1 Å². The topological polar surface area (TPSA) is 99.8 Å². The van der Waals surface area contributed by atoms with E-state index >= 15 is 0 Å². The Morgan fingerprint density at radius 2 is 2.26 bits per heavy atom. The van der Waals surface area contributed by atoms with Crippen molar-refractivity contribution in [2.45, 2.75) is 22.7 Å². The first kappa shape index (κ1) is 13.5. The van der Waals surface area contributed by atoms with E-state index in [1.165, 1.54) is 35.5 Å². The molecule has 0 saturated heterocycles. The molecule has 96 valence electrons. The quantitative estimate of drug-likeness (QED) is 0.918. The zero-order valence-corrected chi connectivity index (χ0v) is 11.5. The minimum atomic E-state index is -0.888. The van der Waals surface area contributed by atoms with Crippen LogP contribution in [0.4, 0.5) is 0 Å². The second-order valence-electron chi connectivity index (χ2n) is 3.48. The van der Waals surface area contributed by atoms with Gasteiger partial charge < -0.3 is 5.11 Å². The number of thiazole rings is 1. The van der Waals surface area contributed by atoms with Gasteiger partial charge in [-0.25, -0.2) is 15.0 Å². The van der Waals surface area contributed by atoms with Crippen LogP contribution in [0.3, 0.4) is 0 Å². The maximum Gasteiger partial charge on any atom is 0.308 e. The summed E-state index contributed by atoms with van der Waals surface area (Å²) in [5.41, 5.74) is 0.928. The molecular weight excluding hydrogens is 284 g/mol. The van der Waals surface area contributed by atoms with Crippen LogP contribution < -0.4 is 0 Å². The highest BCUT2D eigenvalue weighted by atomic mass is 32.2. The summed E-state index contributed by atoms with van der Waals surface area (Å²) in [7, 11) is 0. The van der Waals surface area contributed by atoms with Gasteiger partial charge in [0.1, 0.15) is 11.1 Å². The summed E-state index contributed by atoms with van der Waals surface area (Å²) in [6.07, 6.45) is 2.91. The van der Waals surface area contributed by atoms with Gasteiger partial charge in [0, 0.05) is 17.3 Å². The first-order valence-corrected chi connectivity index (χ1v) is 6.80. The van der Waals surface area contributed by atoms with Crippen molar-refractivity contribution in [3.63, 3.8) is 0 Å². The lowest BCUT2D eigenvalue weighted by molar-refractivity contribution is -0.136. The number of carbonyl (C=O) groups is 1. The van der Waals surface area contributed by atoms with Gasteiger partial charge in [0.15, 0.2) is 10.0 Å². The van der Waals surface area contributed by atoms with Gasteiger partial charge in [0.25, 0.3) is 0 Å². The molecule has 0 aliphatic rings. The molecule has 0 saturated carbocycles. The standard InChI is InChI=1S/C11H8N4O2S2/c1-6-8(4-9(16)17)18-11(15-6)19-10-7(5-12)13-2-3-14-10/h2-3H,4H2,1H3,(H,16,17). The monoisotopic (exact) mass is 292 g/mol. The summed E-state index contributed by atoms with van der Waals surface area (Å²) in [5.74, 6) is -0.888. The Labute approximate surface area is 117 Å². The fourth-order valence-corrected chi connectivity index (χ4v) is 3.45. The van der Waals surface area contributed by atoms with Crippen LogP contribution >= 0.6 is 23.1 Å². The van der Waals surface area contributed by atoms with Crippen LogP contribution in [0.15, 0.2) is 21.8 Å².